The molecule has 0 radical (unpaired) electrons. The standard InChI is InChI=1S/C17H20O/c1-3-13-17(18,15-7-5-4-6-8-15)16-11-9-14(2)10-12-16/h4-12,18H,3,13H2,1-2H3. The van der Waals surface area contributed by atoms with E-state index in [4.69, 9.17) is 0 Å². The second-order valence-corrected chi connectivity index (χ2v) is 4.84. The SMILES string of the molecule is CCCC(O)(c1ccccc1)c1ccc(C)cc1. The third kappa shape index (κ3) is 2.46. The van der Waals surface area contributed by atoms with Crippen molar-refractivity contribution in [2.45, 2.75) is 32.3 Å². The van der Waals surface area contributed by atoms with Gasteiger partial charge in [0, 0.05) is 0 Å². The van der Waals surface area contributed by atoms with E-state index in [0.717, 1.165) is 24.0 Å². The van der Waals surface area contributed by atoms with Gasteiger partial charge in [-0.3, -0.25) is 0 Å². The summed E-state index contributed by atoms with van der Waals surface area (Å²) >= 11 is 0. The maximum absolute atomic E-state index is 11.0. The molecule has 1 N–H and O–H groups in total. The molecule has 2 rings (SSSR count). The number of aliphatic hydroxyl groups is 1. The molecule has 0 heterocycles. The summed E-state index contributed by atoms with van der Waals surface area (Å²) in [6, 6.07) is 18.1. The Labute approximate surface area is 109 Å². The van der Waals surface area contributed by atoms with Gasteiger partial charge >= 0.3 is 0 Å². The van der Waals surface area contributed by atoms with Gasteiger partial charge in [-0.1, -0.05) is 73.5 Å². The summed E-state index contributed by atoms with van der Waals surface area (Å²) in [5, 5.41) is 11.0. The van der Waals surface area contributed by atoms with E-state index in [-0.39, 0.29) is 0 Å². The minimum Gasteiger partial charge on any atom is -0.380 e. The van der Waals surface area contributed by atoms with E-state index < -0.39 is 5.60 Å². The summed E-state index contributed by atoms with van der Waals surface area (Å²) in [6.45, 7) is 4.16. The van der Waals surface area contributed by atoms with E-state index in [2.05, 4.69) is 26.0 Å². The smallest absolute Gasteiger partial charge is 0.115 e. The molecule has 1 unspecified atom stereocenters. The van der Waals surface area contributed by atoms with E-state index >= 15 is 0 Å². The predicted octanol–water partition coefficient (Wildman–Crippen LogP) is 4.03. The lowest BCUT2D eigenvalue weighted by molar-refractivity contribution is 0.0702. The van der Waals surface area contributed by atoms with Crippen LogP contribution in [0.1, 0.15) is 36.5 Å². The number of hydrogen-bond acceptors (Lipinski definition) is 1. The zero-order valence-corrected chi connectivity index (χ0v) is 11.1. The first-order valence-electron chi connectivity index (χ1n) is 6.52. The maximum atomic E-state index is 11.0. The van der Waals surface area contributed by atoms with Crippen molar-refractivity contribution in [3.8, 4) is 0 Å². The van der Waals surface area contributed by atoms with Gasteiger partial charge in [-0.2, -0.15) is 0 Å². The number of aryl methyl sites for hydroxylation is 1. The molecule has 0 amide bonds. The van der Waals surface area contributed by atoms with Crippen LogP contribution in [0.25, 0.3) is 0 Å². The lowest BCUT2D eigenvalue weighted by atomic mass is 9.82. The van der Waals surface area contributed by atoms with Gasteiger partial charge in [0.25, 0.3) is 0 Å². The van der Waals surface area contributed by atoms with Crippen molar-refractivity contribution in [2.24, 2.45) is 0 Å². The molecule has 0 aliphatic rings. The molecule has 0 spiro atoms. The van der Waals surface area contributed by atoms with Gasteiger partial charge in [-0.25, -0.2) is 0 Å². The summed E-state index contributed by atoms with van der Waals surface area (Å²) in [4.78, 5) is 0. The Hall–Kier alpha value is -1.60. The molecule has 1 atom stereocenters. The van der Waals surface area contributed by atoms with Crippen molar-refractivity contribution in [1.29, 1.82) is 0 Å². The van der Waals surface area contributed by atoms with Crippen molar-refractivity contribution in [1.82, 2.24) is 0 Å². The largest absolute Gasteiger partial charge is 0.380 e. The van der Waals surface area contributed by atoms with E-state index in [1.165, 1.54) is 5.56 Å². The third-order valence-electron chi connectivity index (χ3n) is 3.39. The van der Waals surface area contributed by atoms with Gasteiger partial charge in [0.2, 0.25) is 0 Å². The van der Waals surface area contributed by atoms with Crippen LogP contribution in [0, 0.1) is 6.92 Å². The fourth-order valence-corrected chi connectivity index (χ4v) is 2.36. The quantitative estimate of drug-likeness (QED) is 0.855. The van der Waals surface area contributed by atoms with Gasteiger partial charge in [-0.15, -0.1) is 0 Å². The minimum atomic E-state index is -0.871. The first kappa shape index (κ1) is 12.8. The summed E-state index contributed by atoms with van der Waals surface area (Å²) in [5.41, 5.74) is 2.28. The summed E-state index contributed by atoms with van der Waals surface area (Å²) in [6.07, 6.45) is 1.68. The van der Waals surface area contributed by atoms with Crippen LogP contribution in [0.5, 0.6) is 0 Å². The Morgan fingerprint density at radius 2 is 1.44 bits per heavy atom. The highest BCUT2D eigenvalue weighted by Gasteiger charge is 2.29. The normalized spacial score (nSPS) is 14.2. The number of rotatable bonds is 4. The Bertz CT molecular complexity index is 487. The summed E-state index contributed by atoms with van der Waals surface area (Å²) < 4.78 is 0. The monoisotopic (exact) mass is 240 g/mol. The molecule has 18 heavy (non-hydrogen) atoms. The van der Waals surface area contributed by atoms with Gasteiger partial charge < -0.3 is 5.11 Å². The van der Waals surface area contributed by atoms with E-state index in [1.807, 2.05) is 42.5 Å². The highest BCUT2D eigenvalue weighted by molar-refractivity contribution is 5.37. The molecular weight excluding hydrogens is 220 g/mol. The summed E-state index contributed by atoms with van der Waals surface area (Å²) in [7, 11) is 0. The molecule has 0 aliphatic heterocycles. The highest BCUT2D eigenvalue weighted by atomic mass is 16.3. The maximum Gasteiger partial charge on any atom is 0.115 e. The summed E-state index contributed by atoms with van der Waals surface area (Å²) in [5.74, 6) is 0. The molecular formula is C17H20O. The van der Waals surface area contributed by atoms with Gasteiger partial charge in [-0.05, 0) is 24.5 Å². The average molecular weight is 240 g/mol. The topological polar surface area (TPSA) is 20.2 Å². The molecule has 1 heteroatoms. The first-order chi connectivity index (χ1) is 8.66. The second-order valence-electron chi connectivity index (χ2n) is 4.84. The van der Waals surface area contributed by atoms with Gasteiger partial charge in [0.15, 0.2) is 0 Å². The molecule has 0 bridgehead atoms. The van der Waals surface area contributed by atoms with Crippen molar-refractivity contribution < 1.29 is 5.11 Å². The molecule has 94 valence electrons. The van der Waals surface area contributed by atoms with Crippen LogP contribution in [0.3, 0.4) is 0 Å². The molecule has 0 aliphatic carbocycles. The highest BCUT2D eigenvalue weighted by Crippen LogP contribution is 2.34. The van der Waals surface area contributed by atoms with Crippen molar-refractivity contribution in [3.63, 3.8) is 0 Å². The fourth-order valence-electron chi connectivity index (χ4n) is 2.36. The van der Waals surface area contributed by atoms with E-state index in [1.54, 1.807) is 0 Å². The molecule has 2 aromatic rings. The molecule has 0 saturated heterocycles. The zero-order chi connectivity index (χ0) is 13.0. The van der Waals surface area contributed by atoms with E-state index in [0.29, 0.717) is 0 Å². The van der Waals surface area contributed by atoms with Crippen molar-refractivity contribution in [2.75, 3.05) is 0 Å². The zero-order valence-electron chi connectivity index (χ0n) is 11.1. The van der Waals surface area contributed by atoms with Crippen LogP contribution in [-0.4, -0.2) is 5.11 Å². The minimum absolute atomic E-state index is 0.736. The number of benzene rings is 2. The average Bonchev–Trinajstić information content (AvgIpc) is 2.40. The molecule has 0 fully saturated rings. The molecule has 1 nitrogen and oxygen atoms in total. The Balaban J connectivity index is 2.47. The molecule has 0 aromatic heterocycles. The second kappa shape index (κ2) is 5.36. The Morgan fingerprint density at radius 3 is 2.00 bits per heavy atom. The number of hydrogen-bond donors (Lipinski definition) is 1. The van der Waals surface area contributed by atoms with Crippen molar-refractivity contribution in [3.05, 3.63) is 71.3 Å². The molecule has 0 saturated carbocycles. The van der Waals surface area contributed by atoms with Crippen LogP contribution in [-0.2, 0) is 5.60 Å². The van der Waals surface area contributed by atoms with Crippen molar-refractivity contribution >= 4 is 0 Å². The van der Waals surface area contributed by atoms with Crippen LogP contribution < -0.4 is 0 Å². The van der Waals surface area contributed by atoms with Gasteiger partial charge in [0.1, 0.15) is 5.60 Å². The molecule has 2 aromatic carbocycles. The fraction of sp³-hybridized carbons (Fsp3) is 0.294. The Morgan fingerprint density at radius 1 is 0.889 bits per heavy atom. The van der Waals surface area contributed by atoms with Crippen LogP contribution in [0.4, 0.5) is 0 Å². The Kier molecular flexibility index (Phi) is 3.83. The van der Waals surface area contributed by atoms with E-state index in [9.17, 15) is 5.11 Å². The predicted molar refractivity (Wildman–Crippen MR) is 75.5 cm³/mol. The van der Waals surface area contributed by atoms with Crippen LogP contribution in [0.2, 0.25) is 0 Å². The lowest BCUT2D eigenvalue weighted by Crippen LogP contribution is -2.27. The van der Waals surface area contributed by atoms with Crippen LogP contribution in [0.15, 0.2) is 54.6 Å². The lowest BCUT2D eigenvalue weighted by Gasteiger charge is -2.29. The van der Waals surface area contributed by atoms with Crippen LogP contribution >= 0.6 is 0 Å². The van der Waals surface area contributed by atoms with Gasteiger partial charge in [0.05, 0.1) is 0 Å². The first-order valence-corrected chi connectivity index (χ1v) is 6.52. The third-order valence-corrected chi connectivity index (χ3v) is 3.39.